The summed E-state index contributed by atoms with van der Waals surface area (Å²) in [6.07, 6.45) is -1.27. The molecule has 1 aliphatic rings. The standard InChI is InChI=1S/C17H18ClFN6.C2HF3O2/c18-13-9-12(1-2-14(13)19)23-17-10-15(22-11-3-6-20-7-4-11)24-16-5-8-21-25(16)17;3-2(4,5)1(6)7/h1-2,5,8-11,20,23H,3-4,6-7H2,(H,22,24);(H,6,7). The number of rotatable bonds is 4. The number of anilines is 3. The molecule has 172 valence electrons. The number of carbonyl (C=O) groups is 1. The van der Waals surface area contributed by atoms with Crippen LogP contribution in [0.3, 0.4) is 0 Å². The fourth-order valence-corrected chi connectivity index (χ4v) is 3.15. The number of benzene rings is 1. The van der Waals surface area contributed by atoms with E-state index in [4.69, 9.17) is 21.5 Å². The van der Waals surface area contributed by atoms with E-state index < -0.39 is 18.0 Å². The van der Waals surface area contributed by atoms with Gasteiger partial charge >= 0.3 is 12.1 Å². The van der Waals surface area contributed by atoms with E-state index in [2.05, 4.69) is 26.0 Å². The fraction of sp³-hybridized carbons (Fsp3) is 0.316. The van der Waals surface area contributed by atoms with Gasteiger partial charge in [0.2, 0.25) is 0 Å². The highest BCUT2D eigenvalue weighted by molar-refractivity contribution is 6.31. The molecule has 0 amide bonds. The van der Waals surface area contributed by atoms with Gasteiger partial charge in [-0.2, -0.15) is 22.8 Å². The normalized spacial score (nSPS) is 14.5. The zero-order chi connectivity index (χ0) is 23.3. The minimum Gasteiger partial charge on any atom is -0.475 e. The van der Waals surface area contributed by atoms with Crippen molar-refractivity contribution in [3.8, 4) is 0 Å². The van der Waals surface area contributed by atoms with Gasteiger partial charge < -0.3 is 21.1 Å². The van der Waals surface area contributed by atoms with Crippen LogP contribution in [0.25, 0.3) is 5.65 Å². The number of nitrogens with one attached hydrogen (secondary N) is 3. The van der Waals surface area contributed by atoms with Gasteiger partial charge in [-0.3, -0.25) is 0 Å². The summed E-state index contributed by atoms with van der Waals surface area (Å²) in [6.45, 7) is 2.01. The predicted molar refractivity (Wildman–Crippen MR) is 111 cm³/mol. The minimum atomic E-state index is -5.08. The number of hydrogen-bond acceptors (Lipinski definition) is 6. The molecule has 0 radical (unpaired) electrons. The molecule has 0 unspecified atom stereocenters. The monoisotopic (exact) mass is 474 g/mol. The van der Waals surface area contributed by atoms with Crippen molar-refractivity contribution in [2.45, 2.75) is 25.1 Å². The molecule has 1 fully saturated rings. The predicted octanol–water partition coefficient (Wildman–Crippen LogP) is 4.06. The number of halogens is 5. The molecule has 1 aliphatic heterocycles. The maximum Gasteiger partial charge on any atom is 0.490 e. The van der Waals surface area contributed by atoms with Crippen LogP contribution < -0.4 is 16.0 Å². The van der Waals surface area contributed by atoms with Crippen LogP contribution in [-0.2, 0) is 4.79 Å². The molecule has 3 heterocycles. The van der Waals surface area contributed by atoms with Crippen molar-refractivity contribution in [2.24, 2.45) is 0 Å². The molecule has 0 spiro atoms. The summed E-state index contributed by atoms with van der Waals surface area (Å²) < 4.78 is 46.8. The smallest absolute Gasteiger partial charge is 0.475 e. The Morgan fingerprint density at radius 1 is 1.22 bits per heavy atom. The number of aliphatic carboxylic acids is 1. The van der Waals surface area contributed by atoms with E-state index >= 15 is 0 Å². The van der Waals surface area contributed by atoms with Crippen molar-refractivity contribution in [2.75, 3.05) is 23.7 Å². The molecule has 2 aromatic heterocycles. The molecule has 4 N–H and O–H groups in total. The Balaban J connectivity index is 0.000000360. The van der Waals surface area contributed by atoms with Gasteiger partial charge in [0, 0.05) is 23.9 Å². The van der Waals surface area contributed by atoms with Gasteiger partial charge in [0.05, 0.1) is 11.2 Å². The summed E-state index contributed by atoms with van der Waals surface area (Å²) in [5.41, 5.74) is 1.41. The van der Waals surface area contributed by atoms with Crippen LogP contribution in [0.5, 0.6) is 0 Å². The van der Waals surface area contributed by atoms with Gasteiger partial charge in [-0.1, -0.05) is 11.6 Å². The lowest BCUT2D eigenvalue weighted by Crippen LogP contribution is -2.35. The lowest BCUT2D eigenvalue weighted by molar-refractivity contribution is -0.192. The van der Waals surface area contributed by atoms with Crippen LogP contribution in [-0.4, -0.2) is 51.0 Å². The molecule has 32 heavy (non-hydrogen) atoms. The Bertz CT molecular complexity index is 1090. The van der Waals surface area contributed by atoms with Crippen LogP contribution in [0, 0.1) is 5.82 Å². The molecule has 3 aromatic rings. The number of piperidine rings is 1. The number of hydrogen-bond donors (Lipinski definition) is 4. The molecule has 1 aromatic carbocycles. The van der Waals surface area contributed by atoms with E-state index in [1.165, 1.54) is 6.07 Å². The third-order valence-electron chi connectivity index (χ3n) is 4.49. The first-order valence-corrected chi connectivity index (χ1v) is 9.85. The Kier molecular flexibility index (Phi) is 7.36. The van der Waals surface area contributed by atoms with Gasteiger partial charge in [0.1, 0.15) is 17.5 Å². The summed E-state index contributed by atoms with van der Waals surface area (Å²) in [4.78, 5) is 13.5. The topological polar surface area (TPSA) is 104 Å². The van der Waals surface area contributed by atoms with Crippen LogP contribution in [0.15, 0.2) is 36.5 Å². The highest BCUT2D eigenvalue weighted by Gasteiger charge is 2.38. The number of aromatic nitrogens is 3. The number of carboxylic acids is 1. The molecule has 0 saturated carbocycles. The first kappa shape index (κ1) is 23.5. The molecule has 1 saturated heterocycles. The van der Waals surface area contributed by atoms with Crippen LogP contribution >= 0.6 is 11.6 Å². The second kappa shape index (κ2) is 10.0. The average Bonchev–Trinajstić information content (AvgIpc) is 3.20. The van der Waals surface area contributed by atoms with Crippen molar-refractivity contribution < 1.29 is 27.5 Å². The highest BCUT2D eigenvalue weighted by Crippen LogP contribution is 2.25. The first-order chi connectivity index (χ1) is 15.1. The maximum absolute atomic E-state index is 13.4. The summed E-state index contributed by atoms with van der Waals surface area (Å²) in [6, 6.07) is 8.66. The molecule has 13 heteroatoms. The summed E-state index contributed by atoms with van der Waals surface area (Å²) in [5, 5.41) is 21.6. The van der Waals surface area contributed by atoms with Crippen LogP contribution in [0.4, 0.5) is 34.9 Å². The van der Waals surface area contributed by atoms with Crippen molar-refractivity contribution >= 4 is 40.5 Å². The van der Waals surface area contributed by atoms with Crippen molar-refractivity contribution in [3.63, 3.8) is 0 Å². The molecule has 0 atom stereocenters. The van der Waals surface area contributed by atoms with E-state index in [0.717, 1.165) is 43.2 Å². The third kappa shape index (κ3) is 6.20. The van der Waals surface area contributed by atoms with Gasteiger partial charge in [-0.25, -0.2) is 14.2 Å². The molecule has 4 rings (SSSR count). The summed E-state index contributed by atoms with van der Waals surface area (Å²) in [5.74, 6) is -1.68. The quantitative estimate of drug-likeness (QED) is 0.423. The first-order valence-electron chi connectivity index (χ1n) is 9.47. The Morgan fingerprint density at radius 2 is 1.91 bits per heavy atom. The van der Waals surface area contributed by atoms with E-state index in [9.17, 15) is 17.6 Å². The zero-order valence-corrected chi connectivity index (χ0v) is 17.2. The van der Waals surface area contributed by atoms with E-state index in [-0.39, 0.29) is 5.02 Å². The lowest BCUT2D eigenvalue weighted by Gasteiger charge is -2.24. The largest absolute Gasteiger partial charge is 0.490 e. The molecule has 8 nitrogen and oxygen atoms in total. The van der Waals surface area contributed by atoms with E-state index in [0.29, 0.717) is 11.7 Å². The van der Waals surface area contributed by atoms with E-state index in [1.807, 2.05) is 12.1 Å². The second-order valence-electron chi connectivity index (χ2n) is 6.85. The van der Waals surface area contributed by atoms with E-state index in [1.54, 1.807) is 22.8 Å². The molecule has 0 aliphatic carbocycles. The van der Waals surface area contributed by atoms with Gasteiger partial charge in [-0.15, -0.1) is 0 Å². The molecular formula is C19H19ClF4N6O2. The molecule has 0 bridgehead atoms. The number of alkyl halides is 3. The third-order valence-corrected chi connectivity index (χ3v) is 4.77. The SMILES string of the molecule is Fc1ccc(Nc2cc(NC3CCNCC3)nc3ccnn23)cc1Cl.O=C(O)C(F)(F)F. The maximum atomic E-state index is 13.4. The summed E-state index contributed by atoms with van der Waals surface area (Å²) in [7, 11) is 0. The van der Waals surface area contributed by atoms with Gasteiger partial charge in [0.15, 0.2) is 5.65 Å². The van der Waals surface area contributed by atoms with Crippen molar-refractivity contribution in [1.29, 1.82) is 0 Å². The highest BCUT2D eigenvalue weighted by atomic mass is 35.5. The van der Waals surface area contributed by atoms with Crippen molar-refractivity contribution in [1.82, 2.24) is 19.9 Å². The Morgan fingerprint density at radius 3 is 2.53 bits per heavy atom. The zero-order valence-electron chi connectivity index (χ0n) is 16.5. The Hall–Kier alpha value is -3.12. The van der Waals surface area contributed by atoms with Gasteiger partial charge in [-0.05, 0) is 44.1 Å². The fourth-order valence-electron chi connectivity index (χ4n) is 2.97. The minimum absolute atomic E-state index is 0.0730. The lowest BCUT2D eigenvalue weighted by atomic mass is 10.1. The average molecular weight is 475 g/mol. The number of fused-ring (bicyclic) bond motifs is 1. The van der Waals surface area contributed by atoms with Crippen LogP contribution in [0.2, 0.25) is 5.02 Å². The second-order valence-corrected chi connectivity index (χ2v) is 7.26. The van der Waals surface area contributed by atoms with Gasteiger partial charge in [0.25, 0.3) is 0 Å². The number of nitrogens with zero attached hydrogens (tertiary/aromatic N) is 3. The Labute approximate surface area is 184 Å². The van der Waals surface area contributed by atoms with Crippen molar-refractivity contribution in [3.05, 3.63) is 47.4 Å². The summed E-state index contributed by atoms with van der Waals surface area (Å²) >= 11 is 5.87. The molecular weight excluding hydrogens is 456 g/mol. The van der Waals surface area contributed by atoms with Crippen LogP contribution in [0.1, 0.15) is 12.8 Å². The number of carboxylic acid groups (broad SMARTS) is 1.